The molecule has 2 rings (SSSR count). The number of nitrogens with zero attached hydrogens (tertiary/aromatic N) is 1. The standard InChI is InChI=1S/C20H28N2O3/c1-5-22(14-15-9-7-6-8-10-15)17(13-21)16-11-18(23-2)20(25-4)19(12-16)24-3/h6-12,17H,5,13-14,21H2,1-4H3. The van der Waals surface area contributed by atoms with Crippen LogP contribution >= 0.6 is 0 Å². The molecule has 1 unspecified atom stereocenters. The fourth-order valence-corrected chi connectivity index (χ4v) is 3.05. The molecule has 0 heterocycles. The number of likely N-dealkylation sites (N-methyl/N-ethyl adjacent to an activating group) is 1. The van der Waals surface area contributed by atoms with E-state index in [2.05, 4.69) is 36.1 Å². The van der Waals surface area contributed by atoms with Gasteiger partial charge in [-0.05, 0) is 29.8 Å². The molecule has 0 bridgehead atoms. The van der Waals surface area contributed by atoms with E-state index >= 15 is 0 Å². The van der Waals surface area contributed by atoms with Crippen LogP contribution in [0.25, 0.3) is 0 Å². The van der Waals surface area contributed by atoms with Crippen molar-refractivity contribution in [3.63, 3.8) is 0 Å². The molecule has 0 radical (unpaired) electrons. The third-order valence-electron chi connectivity index (χ3n) is 4.37. The Balaban J connectivity index is 2.37. The maximum absolute atomic E-state index is 6.13. The molecule has 25 heavy (non-hydrogen) atoms. The summed E-state index contributed by atoms with van der Waals surface area (Å²) in [4.78, 5) is 2.34. The van der Waals surface area contributed by atoms with Gasteiger partial charge in [0.05, 0.1) is 21.3 Å². The van der Waals surface area contributed by atoms with Gasteiger partial charge in [0.15, 0.2) is 11.5 Å². The van der Waals surface area contributed by atoms with Crippen molar-refractivity contribution in [2.45, 2.75) is 19.5 Å². The zero-order valence-corrected chi connectivity index (χ0v) is 15.5. The van der Waals surface area contributed by atoms with Crippen molar-refractivity contribution >= 4 is 0 Å². The van der Waals surface area contributed by atoms with Crippen molar-refractivity contribution in [1.29, 1.82) is 0 Å². The minimum atomic E-state index is 0.0545. The number of hydrogen-bond donors (Lipinski definition) is 1. The Morgan fingerprint density at radius 2 is 1.56 bits per heavy atom. The Kier molecular flexibility index (Phi) is 7.10. The molecule has 0 fully saturated rings. The van der Waals surface area contributed by atoms with Crippen molar-refractivity contribution in [1.82, 2.24) is 4.90 Å². The number of ether oxygens (including phenoxy) is 3. The second kappa shape index (κ2) is 9.30. The second-order valence-corrected chi connectivity index (χ2v) is 5.76. The lowest BCUT2D eigenvalue weighted by molar-refractivity contribution is 0.202. The van der Waals surface area contributed by atoms with Crippen LogP contribution in [0.1, 0.15) is 24.1 Å². The average Bonchev–Trinajstić information content (AvgIpc) is 2.67. The minimum Gasteiger partial charge on any atom is -0.493 e. The number of nitrogens with two attached hydrogens (primary N) is 1. The Bertz CT molecular complexity index is 636. The van der Waals surface area contributed by atoms with Crippen LogP contribution in [-0.4, -0.2) is 39.3 Å². The van der Waals surface area contributed by atoms with Crippen LogP contribution in [0.5, 0.6) is 17.2 Å². The zero-order chi connectivity index (χ0) is 18.2. The van der Waals surface area contributed by atoms with E-state index in [0.29, 0.717) is 23.8 Å². The zero-order valence-electron chi connectivity index (χ0n) is 15.5. The smallest absolute Gasteiger partial charge is 0.203 e. The van der Waals surface area contributed by atoms with Crippen LogP contribution in [0.15, 0.2) is 42.5 Å². The first kappa shape index (κ1) is 19.1. The normalized spacial score (nSPS) is 12.1. The fourth-order valence-electron chi connectivity index (χ4n) is 3.05. The van der Waals surface area contributed by atoms with Gasteiger partial charge in [-0.2, -0.15) is 0 Å². The van der Waals surface area contributed by atoms with Crippen LogP contribution in [-0.2, 0) is 6.54 Å². The summed E-state index contributed by atoms with van der Waals surface area (Å²) in [6.07, 6.45) is 0. The molecule has 5 nitrogen and oxygen atoms in total. The van der Waals surface area contributed by atoms with E-state index in [9.17, 15) is 0 Å². The third kappa shape index (κ3) is 4.44. The van der Waals surface area contributed by atoms with Gasteiger partial charge < -0.3 is 19.9 Å². The van der Waals surface area contributed by atoms with E-state index in [1.165, 1.54) is 5.56 Å². The van der Waals surface area contributed by atoms with Gasteiger partial charge in [-0.1, -0.05) is 37.3 Å². The molecule has 0 aliphatic rings. The Morgan fingerprint density at radius 3 is 2.00 bits per heavy atom. The molecule has 2 aromatic carbocycles. The van der Waals surface area contributed by atoms with Crippen molar-refractivity contribution in [2.75, 3.05) is 34.4 Å². The van der Waals surface area contributed by atoms with Crippen LogP contribution in [0, 0.1) is 0 Å². The van der Waals surface area contributed by atoms with Gasteiger partial charge in [0.25, 0.3) is 0 Å². The summed E-state index contributed by atoms with van der Waals surface area (Å²) < 4.78 is 16.4. The molecular weight excluding hydrogens is 316 g/mol. The monoisotopic (exact) mass is 344 g/mol. The van der Waals surface area contributed by atoms with Crippen LogP contribution < -0.4 is 19.9 Å². The molecule has 0 aliphatic heterocycles. The van der Waals surface area contributed by atoms with E-state index < -0.39 is 0 Å². The minimum absolute atomic E-state index is 0.0545. The lowest BCUT2D eigenvalue weighted by Crippen LogP contribution is -2.33. The molecule has 2 N–H and O–H groups in total. The highest BCUT2D eigenvalue weighted by Gasteiger charge is 2.22. The predicted molar refractivity (Wildman–Crippen MR) is 100 cm³/mol. The molecule has 5 heteroatoms. The highest BCUT2D eigenvalue weighted by Crippen LogP contribution is 2.40. The molecule has 136 valence electrons. The summed E-state index contributed by atoms with van der Waals surface area (Å²) in [5.41, 5.74) is 8.44. The summed E-state index contributed by atoms with van der Waals surface area (Å²) in [7, 11) is 4.86. The average molecular weight is 344 g/mol. The summed E-state index contributed by atoms with van der Waals surface area (Å²) in [5.74, 6) is 1.88. The van der Waals surface area contributed by atoms with E-state index in [4.69, 9.17) is 19.9 Å². The first-order valence-electron chi connectivity index (χ1n) is 8.46. The van der Waals surface area contributed by atoms with Gasteiger partial charge in [0.2, 0.25) is 5.75 Å². The van der Waals surface area contributed by atoms with E-state index in [1.807, 2.05) is 18.2 Å². The van der Waals surface area contributed by atoms with Crippen molar-refractivity contribution in [3.05, 3.63) is 53.6 Å². The first-order chi connectivity index (χ1) is 12.2. The second-order valence-electron chi connectivity index (χ2n) is 5.76. The number of benzene rings is 2. The van der Waals surface area contributed by atoms with Crippen LogP contribution in [0.4, 0.5) is 0 Å². The lowest BCUT2D eigenvalue weighted by atomic mass is 10.0. The number of methoxy groups -OCH3 is 3. The van der Waals surface area contributed by atoms with Gasteiger partial charge in [-0.25, -0.2) is 0 Å². The van der Waals surface area contributed by atoms with Crippen molar-refractivity contribution < 1.29 is 14.2 Å². The summed E-state index contributed by atoms with van der Waals surface area (Å²) in [6.45, 7) is 4.35. The highest BCUT2D eigenvalue weighted by molar-refractivity contribution is 5.54. The molecule has 0 aliphatic carbocycles. The van der Waals surface area contributed by atoms with Crippen molar-refractivity contribution in [3.8, 4) is 17.2 Å². The SMILES string of the molecule is CCN(Cc1ccccc1)C(CN)c1cc(OC)c(OC)c(OC)c1. The van der Waals surface area contributed by atoms with Crippen molar-refractivity contribution in [2.24, 2.45) is 5.73 Å². The Labute approximate surface area is 150 Å². The molecular formula is C20H28N2O3. The fraction of sp³-hybridized carbons (Fsp3) is 0.400. The third-order valence-corrected chi connectivity index (χ3v) is 4.37. The van der Waals surface area contributed by atoms with Gasteiger partial charge in [-0.3, -0.25) is 4.90 Å². The maximum atomic E-state index is 6.13. The van der Waals surface area contributed by atoms with Crippen LogP contribution in [0.3, 0.4) is 0 Å². The summed E-state index contributed by atoms with van der Waals surface area (Å²) in [6, 6.07) is 14.4. The van der Waals surface area contributed by atoms with Gasteiger partial charge in [-0.15, -0.1) is 0 Å². The Morgan fingerprint density at radius 1 is 0.960 bits per heavy atom. The molecule has 0 saturated heterocycles. The lowest BCUT2D eigenvalue weighted by Gasteiger charge is -2.31. The summed E-state index contributed by atoms with van der Waals surface area (Å²) in [5, 5.41) is 0. The van der Waals surface area contributed by atoms with Gasteiger partial charge in [0, 0.05) is 19.1 Å². The number of rotatable bonds is 9. The Hall–Kier alpha value is -2.24. The largest absolute Gasteiger partial charge is 0.493 e. The molecule has 2 aromatic rings. The first-order valence-corrected chi connectivity index (χ1v) is 8.46. The molecule has 0 amide bonds. The quantitative estimate of drug-likeness (QED) is 0.757. The number of hydrogen-bond acceptors (Lipinski definition) is 5. The highest BCUT2D eigenvalue weighted by atomic mass is 16.5. The van der Waals surface area contributed by atoms with E-state index in [-0.39, 0.29) is 6.04 Å². The summed E-state index contributed by atoms with van der Waals surface area (Å²) >= 11 is 0. The van der Waals surface area contributed by atoms with Crippen LogP contribution in [0.2, 0.25) is 0 Å². The van der Waals surface area contributed by atoms with Gasteiger partial charge >= 0.3 is 0 Å². The molecule has 0 saturated carbocycles. The molecule has 0 spiro atoms. The van der Waals surface area contributed by atoms with Gasteiger partial charge in [0.1, 0.15) is 0 Å². The van der Waals surface area contributed by atoms with E-state index in [0.717, 1.165) is 18.7 Å². The van der Waals surface area contributed by atoms with E-state index in [1.54, 1.807) is 21.3 Å². The topological polar surface area (TPSA) is 57.0 Å². The maximum Gasteiger partial charge on any atom is 0.203 e. The molecule has 1 atom stereocenters. The molecule has 0 aromatic heterocycles. The predicted octanol–water partition coefficient (Wildman–Crippen LogP) is 3.23.